The molecule has 6 nitrogen and oxygen atoms in total. The molecule has 0 unspecified atom stereocenters. The number of likely N-dealkylation sites (tertiary alicyclic amines) is 1. The molecule has 3 aromatic carbocycles. The van der Waals surface area contributed by atoms with Gasteiger partial charge < -0.3 is 19.1 Å². The number of hydrogen-bond donors (Lipinski definition) is 0. The largest absolute Gasteiger partial charge is 0.417 e. The SMILES string of the molecule is FC(F)(F)c1cncc(N2CC[C@H](CN3C[C@@H](OCc4ccccc4)C(OCc4ccccc4)[C@H](OCc4ccccc4)C3)C2)c1. The molecule has 1 aromatic heterocycles. The van der Waals surface area contributed by atoms with Gasteiger partial charge in [-0.15, -0.1) is 0 Å². The van der Waals surface area contributed by atoms with E-state index in [9.17, 15) is 13.2 Å². The molecular weight excluding hydrogens is 591 g/mol. The Bertz CT molecular complexity index is 1440. The smallest absolute Gasteiger partial charge is 0.370 e. The van der Waals surface area contributed by atoms with Gasteiger partial charge in [-0.2, -0.15) is 13.2 Å². The van der Waals surface area contributed by atoms with E-state index in [1.54, 1.807) is 0 Å². The molecule has 4 aromatic rings. The van der Waals surface area contributed by atoms with Crippen LogP contribution in [0.15, 0.2) is 109 Å². The van der Waals surface area contributed by atoms with Crippen LogP contribution < -0.4 is 4.90 Å². The van der Waals surface area contributed by atoms with Crippen LogP contribution in [0.25, 0.3) is 0 Å². The summed E-state index contributed by atoms with van der Waals surface area (Å²) in [6.45, 7) is 4.82. The Morgan fingerprint density at radius 3 is 1.72 bits per heavy atom. The Morgan fingerprint density at radius 1 is 0.674 bits per heavy atom. The number of alkyl halides is 3. The molecule has 2 aliphatic rings. The van der Waals surface area contributed by atoms with Crippen LogP contribution in [0.4, 0.5) is 18.9 Å². The summed E-state index contributed by atoms with van der Waals surface area (Å²) in [6, 6.07) is 31.6. The zero-order valence-electron chi connectivity index (χ0n) is 25.8. The maximum atomic E-state index is 13.3. The summed E-state index contributed by atoms with van der Waals surface area (Å²) in [6.07, 6.45) is -1.92. The molecular formula is C37H40F3N3O3. The summed E-state index contributed by atoms with van der Waals surface area (Å²) in [7, 11) is 0. The minimum Gasteiger partial charge on any atom is -0.370 e. The first kappa shape index (κ1) is 32.2. The zero-order chi connectivity index (χ0) is 31.8. The highest BCUT2D eigenvalue weighted by molar-refractivity contribution is 5.47. The third-order valence-corrected chi connectivity index (χ3v) is 8.73. The first-order chi connectivity index (χ1) is 22.4. The third-order valence-electron chi connectivity index (χ3n) is 8.73. The molecule has 0 amide bonds. The Morgan fingerprint density at radius 2 is 1.20 bits per heavy atom. The minimum absolute atomic E-state index is 0.247. The highest BCUT2D eigenvalue weighted by Crippen LogP contribution is 2.33. The fraction of sp³-hybridized carbons (Fsp3) is 0.378. The van der Waals surface area contributed by atoms with Crippen molar-refractivity contribution in [2.45, 2.75) is 50.7 Å². The van der Waals surface area contributed by atoms with E-state index in [1.807, 2.05) is 59.5 Å². The molecule has 0 aliphatic carbocycles. The lowest BCUT2D eigenvalue weighted by Crippen LogP contribution is -2.58. The quantitative estimate of drug-likeness (QED) is 0.168. The fourth-order valence-corrected chi connectivity index (χ4v) is 6.35. The van der Waals surface area contributed by atoms with Gasteiger partial charge in [0.2, 0.25) is 0 Å². The minimum atomic E-state index is -4.42. The second-order valence-electron chi connectivity index (χ2n) is 12.2. The second-order valence-corrected chi connectivity index (χ2v) is 12.2. The van der Waals surface area contributed by atoms with Gasteiger partial charge in [0, 0.05) is 38.9 Å². The average Bonchev–Trinajstić information content (AvgIpc) is 3.55. The van der Waals surface area contributed by atoms with Crippen molar-refractivity contribution in [1.82, 2.24) is 9.88 Å². The van der Waals surface area contributed by atoms with E-state index in [-0.39, 0.29) is 24.2 Å². The molecule has 3 heterocycles. The van der Waals surface area contributed by atoms with E-state index in [0.29, 0.717) is 51.7 Å². The number of pyridine rings is 1. The molecule has 0 N–H and O–H groups in total. The fourth-order valence-electron chi connectivity index (χ4n) is 6.35. The number of nitrogens with zero attached hydrogens (tertiary/aromatic N) is 3. The predicted octanol–water partition coefficient (Wildman–Crippen LogP) is 7.00. The van der Waals surface area contributed by atoms with Crippen molar-refractivity contribution in [2.75, 3.05) is 37.6 Å². The first-order valence-corrected chi connectivity index (χ1v) is 15.9. The number of aromatic nitrogens is 1. The molecule has 6 rings (SSSR count). The second kappa shape index (κ2) is 15.2. The van der Waals surface area contributed by atoms with Gasteiger partial charge in [0.1, 0.15) is 6.10 Å². The molecule has 9 heteroatoms. The van der Waals surface area contributed by atoms with Crippen LogP contribution >= 0.6 is 0 Å². The maximum Gasteiger partial charge on any atom is 0.417 e. The lowest BCUT2D eigenvalue weighted by molar-refractivity contribution is -0.185. The van der Waals surface area contributed by atoms with Crippen LogP contribution in [-0.4, -0.2) is 60.9 Å². The average molecular weight is 632 g/mol. The molecule has 0 spiro atoms. The van der Waals surface area contributed by atoms with Crippen LogP contribution in [0.3, 0.4) is 0 Å². The predicted molar refractivity (Wildman–Crippen MR) is 171 cm³/mol. The standard InChI is InChI=1S/C37H40F3N3O3/c38-37(39,40)32-18-33(20-41-19-32)43-17-16-31(22-43)21-42-23-34(44-25-28-10-4-1-5-11-28)36(46-27-30-14-8-3-9-15-30)35(24-42)45-26-29-12-6-2-7-13-29/h1-15,18-20,31,34-36H,16-17,21-27H2/t31-,34-,35-/m1/s1. The number of hydrogen-bond acceptors (Lipinski definition) is 6. The van der Waals surface area contributed by atoms with Crippen molar-refractivity contribution in [1.29, 1.82) is 0 Å². The van der Waals surface area contributed by atoms with Crippen molar-refractivity contribution in [3.05, 3.63) is 132 Å². The van der Waals surface area contributed by atoms with Crippen LogP contribution in [0, 0.1) is 5.92 Å². The van der Waals surface area contributed by atoms with Gasteiger partial charge >= 0.3 is 6.18 Å². The van der Waals surface area contributed by atoms with Crippen LogP contribution in [-0.2, 0) is 40.2 Å². The van der Waals surface area contributed by atoms with E-state index in [1.165, 1.54) is 12.3 Å². The van der Waals surface area contributed by atoms with Crippen LogP contribution in [0.1, 0.15) is 28.7 Å². The van der Waals surface area contributed by atoms with E-state index in [0.717, 1.165) is 35.9 Å². The maximum absolute atomic E-state index is 13.3. The van der Waals surface area contributed by atoms with E-state index in [4.69, 9.17) is 14.2 Å². The third kappa shape index (κ3) is 8.73. The highest BCUT2D eigenvalue weighted by atomic mass is 19.4. The Labute approximate surface area is 268 Å². The topological polar surface area (TPSA) is 47.1 Å². The molecule has 0 radical (unpaired) electrons. The Kier molecular flexibility index (Phi) is 10.7. The van der Waals surface area contributed by atoms with Crippen molar-refractivity contribution in [3.8, 4) is 0 Å². The van der Waals surface area contributed by atoms with Crippen molar-refractivity contribution in [3.63, 3.8) is 0 Å². The monoisotopic (exact) mass is 631 g/mol. The first-order valence-electron chi connectivity index (χ1n) is 15.9. The Balaban J connectivity index is 1.18. The number of ether oxygens (including phenoxy) is 3. The van der Waals surface area contributed by atoms with Gasteiger partial charge in [-0.1, -0.05) is 91.0 Å². The van der Waals surface area contributed by atoms with Gasteiger partial charge in [0.15, 0.2) is 0 Å². The number of rotatable bonds is 12. The molecule has 0 saturated carbocycles. The summed E-state index contributed by atoms with van der Waals surface area (Å²) in [5.41, 5.74) is 3.05. The van der Waals surface area contributed by atoms with Crippen molar-refractivity contribution >= 4 is 5.69 Å². The number of benzene rings is 3. The molecule has 2 aliphatic heterocycles. The Hall–Kier alpha value is -3.76. The normalized spacial score (nSPS) is 21.1. The van der Waals surface area contributed by atoms with E-state index in [2.05, 4.69) is 46.3 Å². The lowest BCUT2D eigenvalue weighted by atomic mass is 9.98. The van der Waals surface area contributed by atoms with Gasteiger partial charge in [0.05, 0.1) is 49.5 Å². The highest BCUT2D eigenvalue weighted by Gasteiger charge is 2.41. The number of halogens is 3. The summed E-state index contributed by atoms with van der Waals surface area (Å²) in [5.74, 6) is 0.279. The molecule has 2 saturated heterocycles. The van der Waals surface area contributed by atoms with Gasteiger partial charge in [-0.05, 0) is 35.1 Å². The molecule has 2 fully saturated rings. The van der Waals surface area contributed by atoms with E-state index < -0.39 is 11.7 Å². The summed E-state index contributed by atoms with van der Waals surface area (Å²) >= 11 is 0. The van der Waals surface area contributed by atoms with Gasteiger partial charge in [0.25, 0.3) is 0 Å². The van der Waals surface area contributed by atoms with E-state index >= 15 is 0 Å². The van der Waals surface area contributed by atoms with Crippen molar-refractivity contribution < 1.29 is 27.4 Å². The number of anilines is 1. The molecule has 3 atom stereocenters. The van der Waals surface area contributed by atoms with Gasteiger partial charge in [-0.3, -0.25) is 9.88 Å². The summed E-state index contributed by atoms with van der Waals surface area (Å²) in [5, 5.41) is 0. The van der Waals surface area contributed by atoms with Crippen LogP contribution in [0.2, 0.25) is 0 Å². The summed E-state index contributed by atoms with van der Waals surface area (Å²) < 4.78 is 59.9. The zero-order valence-corrected chi connectivity index (χ0v) is 25.8. The molecule has 46 heavy (non-hydrogen) atoms. The van der Waals surface area contributed by atoms with Crippen LogP contribution in [0.5, 0.6) is 0 Å². The molecule has 242 valence electrons. The number of piperidine rings is 1. The van der Waals surface area contributed by atoms with Crippen molar-refractivity contribution in [2.24, 2.45) is 5.92 Å². The van der Waals surface area contributed by atoms with Gasteiger partial charge in [-0.25, -0.2) is 0 Å². The lowest BCUT2D eigenvalue weighted by Gasteiger charge is -2.44. The summed E-state index contributed by atoms with van der Waals surface area (Å²) in [4.78, 5) is 8.27. The molecule has 0 bridgehead atoms.